The molecule has 2 fully saturated rings. The van der Waals surface area contributed by atoms with Crippen molar-refractivity contribution in [3.8, 4) is 0 Å². The van der Waals surface area contributed by atoms with E-state index in [2.05, 4.69) is 10.6 Å². The van der Waals surface area contributed by atoms with Crippen LogP contribution in [0.15, 0.2) is 0 Å². The zero-order valence-electron chi connectivity index (χ0n) is 9.29. The summed E-state index contributed by atoms with van der Waals surface area (Å²) in [4.78, 5) is 11.3. The number of nitrogens with one attached hydrogen (secondary N) is 2. The molecule has 4 nitrogen and oxygen atoms in total. The van der Waals surface area contributed by atoms with Gasteiger partial charge < -0.3 is 15.4 Å². The van der Waals surface area contributed by atoms with Crippen LogP contribution in [0.25, 0.3) is 0 Å². The smallest absolute Gasteiger partial charge is 0.221 e. The largest absolute Gasteiger partial charge is 0.381 e. The van der Waals surface area contributed by atoms with Gasteiger partial charge >= 0.3 is 0 Å². The SMILES string of the molecule is COC1CC(NC2CCCNC(=O)C2)C1. The van der Waals surface area contributed by atoms with E-state index < -0.39 is 0 Å². The summed E-state index contributed by atoms with van der Waals surface area (Å²) in [5.41, 5.74) is 0. The first kappa shape index (κ1) is 10.9. The second kappa shape index (κ2) is 4.94. The molecule has 1 aliphatic carbocycles. The summed E-state index contributed by atoms with van der Waals surface area (Å²) >= 11 is 0. The van der Waals surface area contributed by atoms with Gasteiger partial charge in [0.1, 0.15) is 0 Å². The van der Waals surface area contributed by atoms with Crippen molar-refractivity contribution in [3.05, 3.63) is 0 Å². The molecule has 0 radical (unpaired) electrons. The maximum Gasteiger partial charge on any atom is 0.221 e. The minimum Gasteiger partial charge on any atom is -0.381 e. The molecular weight excluding hydrogens is 192 g/mol. The number of carbonyl (C=O) groups excluding carboxylic acids is 1. The van der Waals surface area contributed by atoms with E-state index in [0.717, 1.165) is 32.2 Å². The van der Waals surface area contributed by atoms with Crippen molar-refractivity contribution in [2.45, 2.75) is 50.3 Å². The summed E-state index contributed by atoms with van der Waals surface area (Å²) in [7, 11) is 1.76. The quantitative estimate of drug-likeness (QED) is 0.713. The van der Waals surface area contributed by atoms with Crippen molar-refractivity contribution < 1.29 is 9.53 Å². The number of hydrogen-bond donors (Lipinski definition) is 2. The summed E-state index contributed by atoms with van der Waals surface area (Å²) in [6.45, 7) is 0.836. The zero-order chi connectivity index (χ0) is 10.7. The molecular formula is C11H20N2O2. The summed E-state index contributed by atoms with van der Waals surface area (Å²) in [5, 5.41) is 6.45. The van der Waals surface area contributed by atoms with Crippen LogP contribution in [0, 0.1) is 0 Å². The molecule has 1 saturated carbocycles. The van der Waals surface area contributed by atoms with E-state index in [4.69, 9.17) is 4.74 Å². The van der Waals surface area contributed by atoms with Gasteiger partial charge in [0.25, 0.3) is 0 Å². The van der Waals surface area contributed by atoms with Crippen LogP contribution < -0.4 is 10.6 Å². The molecule has 86 valence electrons. The highest BCUT2D eigenvalue weighted by Crippen LogP contribution is 2.24. The zero-order valence-corrected chi connectivity index (χ0v) is 9.29. The molecule has 0 aromatic rings. The van der Waals surface area contributed by atoms with E-state index >= 15 is 0 Å². The van der Waals surface area contributed by atoms with Crippen LogP contribution in [0.1, 0.15) is 32.1 Å². The van der Waals surface area contributed by atoms with Crippen LogP contribution in [0.3, 0.4) is 0 Å². The summed E-state index contributed by atoms with van der Waals surface area (Å²) in [6, 6.07) is 0.932. The Morgan fingerprint density at radius 3 is 2.93 bits per heavy atom. The fraction of sp³-hybridized carbons (Fsp3) is 0.909. The molecule has 0 bridgehead atoms. The van der Waals surface area contributed by atoms with Gasteiger partial charge in [-0.2, -0.15) is 0 Å². The van der Waals surface area contributed by atoms with Gasteiger partial charge in [-0.05, 0) is 25.7 Å². The van der Waals surface area contributed by atoms with Crippen molar-refractivity contribution in [2.75, 3.05) is 13.7 Å². The van der Waals surface area contributed by atoms with Crippen LogP contribution >= 0.6 is 0 Å². The second-order valence-electron chi connectivity index (χ2n) is 4.59. The van der Waals surface area contributed by atoms with E-state index in [1.807, 2.05) is 0 Å². The second-order valence-corrected chi connectivity index (χ2v) is 4.59. The number of hydrogen-bond acceptors (Lipinski definition) is 3. The number of amides is 1. The first-order valence-electron chi connectivity index (χ1n) is 5.83. The predicted molar refractivity (Wildman–Crippen MR) is 57.6 cm³/mol. The first-order chi connectivity index (χ1) is 7.28. The number of rotatable bonds is 3. The molecule has 1 aliphatic heterocycles. The van der Waals surface area contributed by atoms with Crippen molar-refractivity contribution >= 4 is 5.91 Å². The van der Waals surface area contributed by atoms with Gasteiger partial charge in [0.15, 0.2) is 0 Å². The molecule has 2 rings (SSSR count). The summed E-state index contributed by atoms with van der Waals surface area (Å²) in [5.74, 6) is 0.188. The lowest BCUT2D eigenvalue weighted by Crippen LogP contribution is -2.49. The maximum absolute atomic E-state index is 11.3. The Labute approximate surface area is 90.8 Å². The van der Waals surface area contributed by atoms with E-state index in [1.165, 1.54) is 0 Å². The molecule has 1 saturated heterocycles. The van der Waals surface area contributed by atoms with Crippen LogP contribution in [0.4, 0.5) is 0 Å². The fourth-order valence-electron chi connectivity index (χ4n) is 2.34. The molecule has 2 N–H and O–H groups in total. The summed E-state index contributed by atoms with van der Waals surface area (Å²) < 4.78 is 5.23. The number of ether oxygens (including phenoxy) is 1. The van der Waals surface area contributed by atoms with E-state index in [0.29, 0.717) is 24.6 Å². The van der Waals surface area contributed by atoms with Crippen LogP contribution in [-0.2, 0) is 9.53 Å². The topological polar surface area (TPSA) is 50.4 Å². The Bertz CT molecular complexity index is 227. The number of carbonyl (C=O) groups is 1. The van der Waals surface area contributed by atoms with E-state index in [-0.39, 0.29) is 5.91 Å². The van der Waals surface area contributed by atoms with Crippen molar-refractivity contribution in [3.63, 3.8) is 0 Å². The average Bonchev–Trinajstić information content (AvgIpc) is 2.35. The minimum absolute atomic E-state index is 0.188. The van der Waals surface area contributed by atoms with Crippen molar-refractivity contribution in [1.82, 2.24) is 10.6 Å². The molecule has 0 spiro atoms. The molecule has 1 heterocycles. The Balaban J connectivity index is 1.72. The van der Waals surface area contributed by atoms with Gasteiger partial charge in [-0.3, -0.25) is 4.79 Å². The molecule has 0 aromatic carbocycles. The lowest BCUT2D eigenvalue weighted by molar-refractivity contribution is -0.121. The lowest BCUT2D eigenvalue weighted by atomic mass is 9.88. The molecule has 4 heteroatoms. The monoisotopic (exact) mass is 212 g/mol. The standard InChI is InChI=1S/C11H20N2O2/c1-15-10-5-9(6-10)13-8-3-2-4-12-11(14)7-8/h8-10,13H,2-7H2,1H3,(H,12,14). The Morgan fingerprint density at radius 2 is 2.20 bits per heavy atom. The van der Waals surface area contributed by atoms with Crippen molar-refractivity contribution in [2.24, 2.45) is 0 Å². The molecule has 1 amide bonds. The fourth-order valence-corrected chi connectivity index (χ4v) is 2.34. The normalized spacial score (nSPS) is 36.6. The van der Waals surface area contributed by atoms with E-state index in [1.54, 1.807) is 7.11 Å². The third kappa shape index (κ3) is 2.92. The van der Waals surface area contributed by atoms with Crippen LogP contribution in [0.5, 0.6) is 0 Å². The lowest BCUT2D eigenvalue weighted by Gasteiger charge is -2.37. The maximum atomic E-state index is 11.3. The van der Waals surface area contributed by atoms with Gasteiger partial charge in [-0.15, -0.1) is 0 Å². The Hall–Kier alpha value is -0.610. The molecule has 15 heavy (non-hydrogen) atoms. The Morgan fingerprint density at radius 1 is 1.40 bits per heavy atom. The first-order valence-corrected chi connectivity index (χ1v) is 5.83. The van der Waals surface area contributed by atoms with Gasteiger partial charge in [0, 0.05) is 32.2 Å². The molecule has 1 atom stereocenters. The highest BCUT2D eigenvalue weighted by molar-refractivity contribution is 5.76. The Kier molecular flexibility index (Phi) is 3.59. The molecule has 1 unspecified atom stereocenters. The third-order valence-corrected chi connectivity index (χ3v) is 3.38. The van der Waals surface area contributed by atoms with Gasteiger partial charge in [0.2, 0.25) is 5.91 Å². The molecule has 2 aliphatic rings. The van der Waals surface area contributed by atoms with Gasteiger partial charge in [-0.1, -0.05) is 0 Å². The van der Waals surface area contributed by atoms with Crippen LogP contribution in [0.2, 0.25) is 0 Å². The van der Waals surface area contributed by atoms with Crippen molar-refractivity contribution in [1.29, 1.82) is 0 Å². The highest BCUT2D eigenvalue weighted by atomic mass is 16.5. The molecule has 0 aromatic heterocycles. The number of methoxy groups -OCH3 is 1. The predicted octanol–water partition coefficient (Wildman–Crippen LogP) is 0.422. The average molecular weight is 212 g/mol. The van der Waals surface area contributed by atoms with Crippen LogP contribution in [-0.4, -0.2) is 37.7 Å². The minimum atomic E-state index is 0.188. The van der Waals surface area contributed by atoms with Gasteiger partial charge in [0.05, 0.1) is 6.10 Å². The van der Waals surface area contributed by atoms with E-state index in [9.17, 15) is 4.79 Å². The summed E-state index contributed by atoms with van der Waals surface area (Å²) in [6.07, 6.45) is 5.44. The third-order valence-electron chi connectivity index (χ3n) is 3.38. The van der Waals surface area contributed by atoms with Gasteiger partial charge in [-0.25, -0.2) is 0 Å². The highest BCUT2D eigenvalue weighted by Gasteiger charge is 2.31.